The van der Waals surface area contributed by atoms with E-state index in [0.717, 1.165) is 38.5 Å². The SMILES string of the molecule is COc1cc(N)c(Cl)cc1C(=O)NCCN1CCN(c2ccccn2)CC1. The second kappa shape index (κ2) is 8.92. The van der Waals surface area contributed by atoms with Gasteiger partial charge in [0.25, 0.3) is 5.91 Å². The van der Waals surface area contributed by atoms with Crippen LogP contribution >= 0.6 is 11.6 Å². The molecular formula is C19H24ClN5O2. The second-order valence-electron chi connectivity index (χ2n) is 6.35. The molecule has 144 valence electrons. The summed E-state index contributed by atoms with van der Waals surface area (Å²) in [5.41, 5.74) is 6.53. The molecule has 2 heterocycles. The number of aromatic nitrogens is 1. The number of hydrogen-bond acceptors (Lipinski definition) is 6. The molecule has 3 rings (SSSR count). The number of pyridine rings is 1. The molecule has 2 aromatic rings. The minimum Gasteiger partial charge on any atom is -0.496 e. The van der Waals surface area contributed by atoms with Gasteiger partial charge in [0.05, 0.1) is 23.4 Å². The van der Waals surface area contributed by atoms with Gasteiger partial charge in [-0.25, -0.2) is 4.98 Å². The predicted octanol–water partition coefficient (Wildman–Crippen LogP) is 1.88. The van der Waals surface area contributed by atoms with Crippen LogP contribution in [0.3, 0.4) is 0 Å². The average molecular weight is 390 g/mol. The summed E-state index contributed by atoms with van der Waals surface area (Å²) in [6.45, 7) is 5.05. The van der Waals surface area contributed by atoms with Crippen molar-refractivity contribution >= 4 is 29.0 Å². The number of nitrogens with one attached hydrogen (secondary N) is 1. The maximum Gasteiger partial charge on any atom is 0.255 e. The molecule has 0 aliphatic carbocycles. The topological polar surface area (TPSA) is 83.7 Å². The molecule has 0 atom stereocenters. The van der Waals surface area contributed by atoms with E-state index in [0.29, 0.717) is 28.6 Å². The Morgan fingerprint density at radius 1 is 1.30 bits per heavy atom. The monoisotopic (exact) mass is 389 g/mol. The van der Waals surface area contributed by atoms with Crippen LogP contribution in [-0.2, 0) is 0 Å². The zero-order valence-electron chi connectivity index (χ0n) is 15.3. The molecule has 7 nitrogen and oxygen atoms in total. The van der Waals surface area contributed by atoms with E-state index in [1.54, 1.807) is 6.07 Å². The Hall–Kier alpha value is -2.51. The number of carbonyl (C=O) groups is 1. The van der Waals surface area contributed by atoms with Crippen molar-refractivity contribution in [2.45, 2.75) is 0 Å². The Kier molecular flexibility index (Phi) is 6.36. The van der Waals surface area contributed by atoms with Gasteiger partial charge in [0.2, 0.25) is 0 Å². The maximum atomic E-state index is 12.4. The first-order chi connectivity index (χ1) is 13.1. The minimum absolute atomic E-state index is 0.221. The number of nitrogen functional groups attached to an aromatic ring is 1. The number of piperazine rings is 1. The lowest BCUT2D eigenvalue weighted by atomic mass is 10.1. The third kappa shape index (κ3) is 4.81. The number of nitrogens with zero attached hydrogens (tertiary/aromatic N) is 3. The van der Waals surface area contributed by atoms with Gasteiger partial charge < -0.3 is 20.7 Å². The van der Waals surface area contributed by atoms with Gasteiger partial charge in [0, 0.05) is 51.5 Å². The van der Waals surface area contributed by atoms with Crippen LogP contribution in [0, 0.1) is 0 Å². The maximum absolute atomic E-state index is 12.4. The van der Waals surface area contributed by atoms with Crippen molar-refractivity contribution in [3.8, 4) is 5.75 Å². The molecule has 1 saturated heterocycles. The molecule has 1 aliphatic rings. The molecule has 1 aliphatic heterocycles. The van der Waals surface area contributed by atoms with Crippen molar-refractivity contribution in [3.05, 3.63) is 47.1 Å². The average Bonchev–Trinajstić information content (AvgIpc) is 2.70. The van der Waals surface area contributed by atoms with Crippen molar-refractivity contribution in [3.63, 3.8) is 0 Å². The lowest BCUT2D eigenvalue weighted by Crippen LogP contribution is -2.48. The molecule has 1 amide bonds. The third-order valence-electron chi connectivity index (χ3n) is 4.62. The first-order valence-corrected chi connectivity index (χ1v) is 9.26. The lowest BCUT2D eigenvalue weighted by Gasteiger charge is -2.35. The van der Waals surface area contributed by atoms with Gasteiger partial charge >= 0.3 is 0 Å². The minimum atomic E-state index is -0.221. The Labute approximate surface area is 164 Å². The number of nitrogens with two attached hydrogens (primary N) is 1. The van der Waals surface area contributed by atoms with Crippen LogP contribution in [0.4, 0.5) is 11.5 Å². The number of anilines is 2. The molecule has 1 aromatic carbocycles. The summed E-state index contributed by atoms with van der Waals surface area (Å²) < 4.78 is 5.23. The van der Waals surface area contributed by atoms with E-state index in [9.17, 15) is 4.79 Å². The van der Waals surface area contributed by atoms with Crippen LogP contribution < -0.4 is 20.7 Å². The normalized spacial score (nSPS) is 14.8. The molecule has 0 unspecified atom stereocenters. The Bertz CT molecular complexity index is 779. The quantitative estimate of drug-likeness (QED) is 0.734. The highest BCUT2D eigenvalue weighted by Crippen LogP contribution is 2.28. The number of halogens is 1. The first kappa shape index (κ1) is 19.3. The molecule has 0 spiro atoms. The van der Waals surface area contributed by atoms with Crippen molar-refractivity contribution in [1.29, 1.82) is 0 Å². The highest BCUT2D eigenvalue weighted by molar-refractivity contribution is 6.33. The lowest BCUT2D eigenvalue weighted by molar-refractivity contribution is 0.0945. The van der Waals surface area contributed by atoms with E-state index in [-0.39, 0.29) is 5.91 Å². The van der Waals surface area contributed by atoms with E-state index in [4.69, 9.17) is 22.1 Å². The van der Waals surface area contributed by atoms with Crippen molar-refractivity contribution in [2.24, 2.45) is 0 Å². The number of amides is 1. The number of benzene rings is 1. The summed E-state index contributed by atoms with van der Waals surface area (Å²) in [6.07, 6.45) is 1.81. The fraction of sp³-hybridized carbons (Fsp3) is 0.368. The fourth-order valence-electron chi connectivity index (χ4n) is 3.08. The summed E-state index contributed by atoms with van der Waals surface area (Å²) in [6, 6.07) is 9.05. The van der Waals surface area contributed by atoms with E-state index in [2.05, 4.69) is 20.1 Å². The number of hydrogen-bond donors (Lipinski definition) is 2. The number of carbonyl (C=O) groups excluding carboxylic acids is 1. The van der Waals surface area contributed by atoms with Crippen molar-refractivity contribution in [2.75, 3.05) is 57.0 Å². The number of ether oxygens (including phenoxy) is 1. The van der Waals surface area contributed by atoms with Gasteiger partial charge in [-0.3, -0.25) is 9.69 Å². The Morgan fingerprint density at radius 2 is 2.07 bits per heavy atom. The van der Waals surface area contributed by atoms with Gasteiger partial charge in [-0.15, -0.1) is 0 Å². The molecule has 3 N–H and O–H groups in total. The highest BCUT2D eigenvalue weighted by atomic mass is 35.5. The molecule has 27 heavy (non-hydrogen) atoms. The van der Waals surface area contributed by atoms with Crippen LogP contribution in [0.5, 0.6) is 5.75 Å². The van der Waals surface area contributed by atoms with E-state index < -0.39 is 0 Å². The number of methoxy groups -OCH3 is 1. The van der Waals surface area contributed by atoms with Gasteiger partial charge in [0.1, 0.15) is 11.6 Å². The Morgan fingerprint density at radius 3 is 2.74 bits per heavy atom. The molecule has 1 aromatic heterocycles. The van der Waals surface area contributed by atoms with E-state index in [1.807, 2.05) is 24.4 Å². The summed E-state index contributed by atoms with van der Waals surface area (Å²) in [4.78, 5) is 21.4. The van der Waals surface area contributed by atoms with E-state index in [1.165, 1.54) is 13.2 Å². The predicted molar refractivity (Wildman–Crippen MR) is 108 cm³/mol. The molecule has 8 heteroatoms. The van der Waals surface area contributed by atoms with Crippen LogP contribution in [0.2, 0.25) is 5.02 Å². The van der Waals surface area contributed by atoms with Gasteiger partial charge in [-0.1, -0.05) is 17.7 Å². The van der Waals surface area contributed by atoms with Crippen LogP contribution in [0.1, 0.15) is 10.4 Å². The molecule has 0 radical (unpaired) electrons. The van der Waals surface area contributed by atoms with Crippen LogP contribution in [0.15, 0.2) is 36.5 Å². The summed E-state index contributed by atoms with van der Waals surface area (Å²) in [5.74, 6) is 1.21. The van der Waals surface area contributed by atoms with Gasteiger partial charge in [0.15, 0.2) is 0 Å². The molecule has 0 saturated carbocycles. The first-order valence-electron chi connectivity index (χ1n) is 8.88. The molecule has 1 fully saturated rings. The molecule has 0 bridgehead atoms. The van der Waals surface area contributed by atoms with Crippen molar-refractivity contribution in [1.82, 2.24) is 15.2 Å². The zero-order valence-corrected chi connectivity index (χ0v) is 16.1. The van der Waals surface area contributed by atoms with E-state index >= 15 is 0 Å². The fourth-order valence-corrected chi connectivity index (χ4v) is 3.24. The standard InChI is InChI=1S/C19H24ClN5O2/c1-27-17-13-16(21)15(20)12-14(17)19(26)23-6-7-24-8-10-25(11-9-24)18-4-2-3-5-22-18/h2-5,12-13H,6-11,21H2,1H3,(H,23,26). The largest absolute Gasteiger partial charge is 0.496 e. The zero-order chi connectivity index (χ0) is 19.2. The summed E-state index contributed by atoms with van der Waals surface area (Å²) in [5, 5.41) is 3.26. The van der Waals surface area contributed by atoms with Gasteiger partial charge in [-0.2, -0.15) is 0 Å². The van der Waals surface area contributed by atoms with Gasteiger partial charge in [-0.05, 0) is 18.2 Å². The third-order valence-corrected chi connectivity index (χ3v) is 4.95. The Balaban J connectivity index is 1.47. The van der Waals surface area contributed by atoms with Crippen LogP contribution in [0.25, 0.3) is 0 Å². The van der Waals surface area contributed by atoms with Crippen LogP contribution in [-0.4, -0.2) is 62.2 Å². The van der Waals surface area contributed by atoms with Crippen molar-refractivity contribution < 1.29 is 9.53 Å². The number of rotatable bonds is 6. The summed E-state index contributed by atoms with van der Waals surface area (Å²) >= 11 is 6.03. The smallest absolute Gasteiger partial charge is 0.255 e. The second-order valence-corrected chi connectivity index (χ2v) is 6.75. The highest BCUT2D eigenvalue weighted by Gasteiger charge is 2.19. The summed E-state index contributed by atoms with van der Waals surface area (Å²) in [7, 11) is 1.50. The molecular weight excluding hydrogens is 366 g/mol.